The minimum absolute atomic E-state index is 0.0533. The van der Waals surface area contributed by atoms with Crippen molar-refractivity contribution in [3.8, 4) is 0 Å². The smallest absolute Gasteiger partial charge is 0.245 e. The van der Waals surface area contributed by atoms with Crippen molar-refractivity contribution in [2.45, 2.75) is 58.8 Å². The van der Waals surface area contributed by atoms with Gasteiger partial charge in [0.25, 0.3) is 0 Å². The molecule has 1 aliphatic heterocycles. The Balaban J connectivity index is 2.16. The standard InChI is InChI=1S/C14H22N4O2/c1-9(2)18-6-5-12(16-18)8-17-10(3)7-13(19)15-11(4)14(17)20/h5-6,9-11H,7-8H2,1-4H3,(H,15,19). The van der Waals surface area contributed by atoms with Crippen LogP contribution in [0.4, 0.5) is 0 Å². The Kier molecular flexibility index (Phi) is 4.11. The Labute approximate surface area is 119 Å². The molecular weight excluding hydrogens is 256 g/mol. The molecule has 0 saturated carbocycles. The van der Waals surface area contributed by atoms with Crippen LogP contribution < -0.4 is 5.32 Å². The van der Waals surface area contributed by atoms with Crippen LogP contribution in [0, 0.1) is 0 Å². The monoisotopic (exact) mass is 278 g/mol. The number of nitrogens with one attached hydrogen (secondary N) is 1. The zero-order valence-corrected chi connectivity index (χ0v) is 12.5. The summed E-state index contributed by atoms with van der Waals surface area (Å²) in [5, 5.41) is 7.17. The van der Waals surface area contributed by atoms with Crippen molar-refractivity contribution in [3.05, 3.63) is 18.0 Å². The molecule has 0 radical (unpaired) electrons. The van der Waals surface area contributed by atoms with E-state index in [1.807, 2.05) is 23.9 Å². The maximum absolute atomic E-state index is 12.3. The number of aromatic nitrogens is 2. The van der Waals surface area contributed by atoms with E-state index in [0.717, 1.165) is 5.69 Å². The third-order valence-electron chi connectivity index (χ3n) is 3.57. The highest BCUT2D eigenvalue weighted by Gasteiger charge is 2.31. The van der Waals surface area contributed by atoms with Gasteiger partial charge < -0.3 is 10.2 Å². The zero-order chi connectivity index (χ0) is 14.9. The fourth-order valence-corrected chi connectivity index (χ4v) is 2.36. The van der Waals surface area contributed by atoms with Crippen molar-refractivity contribution in [1.29, 1.82) is 0 Å². The molecule has 2 atom stereocenters. The highest BCUT2D eigenvalue weighted by Crippen LogP contribution is 2.15. The van der Waals surface area contributed by atoms with Gasteiger partial charge in [0.1, 0.15) is 6.04 Å². The molecule has 2 amide bonds. The Morgan fingerprint density at radius 2 is 2.10 bits per heavy atom. The minimum Gasteiger partial charge on any atom is -0.345 e. The van der Waals surface area contributed by atoms with Crippen molar-refractivity contribution in [2.75, 3.05) is 0 Å². The highest BCUT2D eigenvalue weighted by atomic mass is 16.2. The predicted octanol–water partition coefficient (Wildman–Crippen LogP) is 1.09. The average molecular weight is 278 g/mol. The summed E-state index contributed by atoms with van der Waals surface area (Å²) in [6.45, 7) is 8.17. The van der Waals surface area contributed by atoms with Gasteiger partial charge >= 0.3 is 0 Å². The SMILES string of the molecule is CC1NC(=O)CC(C)N(Cc2ccn(C(C)C)n2)C1=O. The van der Waals surface area contributed by atoms with Gasteiger partial charge in [0.05, 0.1) is 12.2 Å². The van der Waals surface area contributed by atoms with E-state index in [2.05, 4.69) is 24.3 Å². The molecule has 1 N–H and O–H groups in total. The normalized spacial score (nSPS) is 23.9. The van der Waals surface area contributed by atoms with Crippen LogP contribution in [-0.2, 0) is 16.1 Å². The first-order valence-corrected chi connectivity index (χ1v) is 7.02. The van der Waals surface area contributed by atoms with Gasteiger partial charge in [0, 0.05) is 24.7 Å². The van der Waals surface area contributed by atoms with Crippen molar-refractivity contribution < 1.29 is 9.59 Å². The average Bonchev–Trinajstić information content (AvgIpc) is 2.79. The summed E-state index contributed by atoms with van der Waals surface area (Å²) in [7, 11) is 0. The van der Waals surface area contributed by atoms with Crippen molar-refractivity contribution >= 4 is 11.8 Å². The number of hydrogen-bond donors (Lipinski definition) is 1. The molecule has 0 bridgehead atoms. The van der Waals surface area contributed by atoms with Crippen LogP contribution in [0.25, 0.3) is 0 Å². The number of amides is 2. The summed E-state index contributed by atoms with van der Waals surface area (Å²) in [6, 6.07) is 1.63. The van der Waals surface area contributed by atoms with E-state index in [4.69, 9.17) is 0 Å². The van der Waals surface area contributed by atoms with E-state index < -0.39 is 6.04 Å². The molecular formula is C14H22N4O2. The minimum atomic E-state index is -0.473. The lowest BCUT2D eigenvalue weighted by molar-refractivity contribution is -0.135. The van der Waals surface area contributed by atoms with Crippen LogP contribution >= 0.6 is 0 Å². The van der Waals surface area contributed by atoms with E-state index in [9.17, 15) is 9.59 Å². The first-order chi connectivity index (χ1) is 9.38. The van der Waals surface area contributed by atoms with Gasteiger partial charge in [-0.05, 0) is 33.8 Å². The molecule has 6 heteroatoms. The van der Waals surface area contributed by atoms with Gasteiger partial charge in [-0.3, -0.25) is 14.3 Å². The van der Waals surface area contributed by atoms with Crippen molar-refractivity contribution in [3.63, 3.8) is 0 Å². The molecule has 2 heterocycles. The first kappa shape index (κ1) is 14.6. The zero-order valence-electron chi connectivity index (χ0n) is 12.5. The second kappa shape index (κ2) is 5.64. The van der Waals surface area contributed by atoms with Gasteiger partial charge in [0.2, 0.25) is 11.8 Å². The van der Waals surface area contributed by atoms with Crippen LogP contribution in [0.3, 0.4) is 0 Å². The Bertz CT molecular complexity index is 509. The molecule has 1 aliphatic rings. The first-order valence-electron chi connectivity index (χ1n) is 7.02. The lowest BCUT2D eigenvalue weighted by Gasteiger charge is -2.27. The summed E-state index contributed by atoms with van der Waals surface area (Å²) in [4.78, 5) is 25.7. The van der Waals surface area contributed by atoms with E-state index in [-0.39, 0.29) is 17.9 Å². The number of nitrogens with zero attached hydrogens (tertiary/aromatic N) is 3. The van der Waals surface area contributed by atoms with Crippen LogP contribution in [0.2, 0.25) is 0 Å². The van der Waals surface area contributed by atoms with Crippen molar-refractivity contribution in [2.24, 2.45) is 0 Å². The van der Waals surface area contributed by atoms with E-state index in [1.54, 1.807) is 11.8 Å². The molecule has 1 saturated heterocycles. The van der Waals surface area contributed by atoms with Crippen LogP contribution in [-0.4, -0.2) is 38.6 Å². The van der Waals surface area contributed by atoms with Crippen LogP contribution in [0.1, 0.15) is 45.9 Å². The summed E-state index contributed by atoms with van der Waals surface area (Å²) in [6.07, 6.45) is 2.25. The van der Waals surface area contributed by atoms with E-state index >= 15 is 0 Å². The summed E-state index contributed by atoms with van der Waals surface area (Å²) >= 11 is 0. The Hall–Kier alpha value is -1.85. The molecule has 2 unspecified atom stereocenters. The molecule has 1 aromatic rings. The maximum atomic E-state index is 12.3. The molecule has 2 rings (SSSR count). The maximum Gasteiger partial charge on any atom is 0.245 e. The lowest BCUT2D eigenvalue weighted by atomic mass is 10.2. The molecule has 20 heavy (non-hydrogen) atoms. The van der Waals surface area contributed by atoms with E-state index in [1.165, 1.54) is 0 Å². The molecule has 0 spiro atoms. The second-order valence-electron chi connectivity index (χ2n) is 5.69. The Morgan fingerprint density at radius 3 is 2.70 bits per heavy atom. The third-order valence-corrected chi connectivity index (χ3v) is 3.57. The van der Waals surface area contributed by atoms with Crippen LogP contribution in [0.15, 0.2) is 12.3 Å². The molecule has 1 fully saturated rings. The fourth-order valence-electron chi connectivity index (χ4n) is 2.36. The second-order valence-corrected chi connectivity index (χ2v) is 5.69. The molecule has 0 aromatic carbocycles. The fraction of sp³-hybridized carbons (Fsp3) is 0.643. The number of carbonyl (C=O) groups excluding carboxylic acids is 2. The summed E-state index contributed by atoms with van der Waals surface area (Å²) < 4.78 is 1.87. The third kappa shape index (κ3) is 3.00. The largest absolute Gasteiger partial charge is 0.345 e. The Morgan fingerprint density at radius 1 is 1.40 bits per heavy atom. The van der Waals surface area contributed by atoms with Gasteiger partial charge in [-0.15, -0.1) is 0 Å². The van der Waals surface area contributed by atoms with Gasteiger partial charge in [-0.2, -0.15) is 5.10 Å². The highest BCUT2D eigenvalue weighted by molar-refractivity contribution is 5.90. The van der Waals surface area contributed by atoms with Crippen molar-refractivity contribution in [1.82, 2.24) is 20.0 Å². The molecule has 0 aliphatic carbocycles. The number of carbonyl (C=O) groups is 2. The van der Waals surface area contributed by atoms with Crippen LogP contribution in [0.5, 0.6) is 0 Å². The molecule has 6 nitrogen and oxygen atoms in total. The quantitative estimate of drug-likeness (QED) is 0.900. The van der Waals surface area contributed by atoms with Gasteiger partial charge in [-0.25, -0.2) is 0 Å². The lowest BCUT2D eigenvalue weighted by Crippen LogP contribution is -2.44. The van der Waals surface area contributed by atoms with E-state index in [0.29, 0.717) is 19.0 Å². The summed E-state index contributed by atoms with van der Waals surface area (Å²) in [5.74, 6) is -0.129. The number of hydrogen-bond acceptors (Lipinski definition) is 3. The number of rotatable bonds is 3. The molecule has 1 aromatic heterocycles. The topological polar surface area (TPSA) is 67.2 Å². The predicted molar refractivity (Wildman–Crippen MR) is 74.8 cm³/mol. The van der Waals surface area contributed by atoms with Gasteiger partial charge in [0.15, 0.2) is 0 Å². The van der Waals surface area contributed by atoms with Gasteiger partial charge in [-0.1, -0.05) is 0 Å². The summed E-state index contributed by atoms with van der Waals surface area (Å²) in [5.41, 5.74) is 0.848. The molecule has 110 valence electrons.